The van der Waals surface area contributed by atoms with Crippen molar-refractivity contribution in [3.05, 3.63) is 24.3 Å². The molecule has 0 bridgehead atoms. The highest BCUT2D eigenvalue weighted by Gasteiger charge is 2.51. The van der Waals surface area contributed by atoms with Crippen LogP contribution in [0.25, 0.3) is 0 Å². The molecule has 1 aromatic carbocycles. The van der Waals surface area contributed by atoms with Gasteiger partial charge in [-0.25, -0.2) is 0 Å². The van der Waals surface area contributed by atoms with Crippen molar-refractivity contribution in [3.8, 4) is 5.75 Å². The zero-order chi connectivity index (χ0) is 14.8. The lowest BCUT2D eigenvalue weighted by Crippen LogP contribution is -2.41. The van der Waals surface area contributed by atoms with E-state index < -0.39 is 0 Å². The summed E-state index contributed by atoms with van der Waals surface area (Å²) < 4.78 is 17.6. The summed E-state index contributed by atoms with van der Waals surface area (Å²) in [5.74, 6) is 0.769. The van der Waals surface area contributed by atoms with Gasteiger partial charge in [0.2, 0.25) is 0 Å². The molecule has 20 heavy (non-hydrogen) atoms. The molecule has 0 saturated carbocycles. The molecule has 5 heteroatoms. The van der Waals surface area contributed by atoms with E-state index in [0.29, 0.717) is 13.0 Å². The van der Waals surface area contributed by atoms with Crippen LogP contribution in [0.3, 0.4) is 0 Å². The van der Waals surface area contributed by atoms with E-state index in [-0.39, 0.29) is 24.9 Å². The maximum Gasteiger partial charge on any atom is 0.494 e. The molecule has 2 rings (SSSR count). The SMILES string of the molecule is CC1(C)OB(c2cccc(OCCCO)c2)OC1(C)C. The van der Waals surface area contributed by atoms with Crippen molar-refractivity contribution in [2.45, 2.75) is 45.3 Å². The molecule has 1 aromatic rings. The molecule has 1 heterocycles. The average molecular weight is 278 g/mol. The van der Waals surface area contributed by atoms with E-state index >= 15 is 0 Å². The van der Waals surface area contributed by atoms with Gasteiger partial charge in [-0.05, 0) is 45.3 Å². The van der Waals surface area contributed by atoms with Gasteiger partial charge in [-0.2, -0.15) is 0 Å². The van der Waals surface area contributed by atoms with Crippen LogP contribution in [0.2, 0.25) is 0 Å². The normalized spacial score (nSPS) is 20.1. The fourth-order valence-electron chi connectivity index (χ4n) is 1.98. The van der Waals surface area contributed by atoms with Crippen LogP contribution in [0.15, 0.2) is 24.3 Å². The van der Waals surface area contributed by atoms with Crippen LogP contribution in [-0.2, 0) is 9.31 Å². The monoisotopic (exact) mass is 278 g/mol. The van der Waals surface area contributed by atoms with Gasteiger partial charge in [0.25, 0.3) is 0 Å². The third-order valence-corrected chi connectivity index (χ3v) is 3.95. The second-order valence-corrected chi connectivity index (χ2v) is 6.09. The van der Waals surface area contributed by atoms with Crippen LogP contribution in [0.1, 0.15) is 34.1 Å². The van der Waals surface area contributed by atoms with Gasteiger partial charge in [0.15, 0.2) is 0 Å². The molecule has 0 atom stereocenters. The first-order chi connectivity index (χ1) is 9.36. The van der Waals surface area contributed by atoms with Gasteiger partial charge in [0, 0.05) is 13.0 Å². The highest BCUT2D eigenvalue weighted by atomic mass is 16.7. The van der Waals surface area contributed by atoms with Crippen LogP contribution in [0, 0.1) is 0 Å². The van der Waals surface area contributed by atoms with Gasteiger partial charge in [0.05, 0.1) is 17.8 Å². The number of benzene rings is 1. The molecular weight excluding hydrogens is 255 g/mol. The minimum absolute atomic E-state index is 0.136. The Hall–Kier alpha value is -1.04. The van der Waals surface area contributed by atoms with Crippen LogP contribution < -0.4 is 10.2 Å². The lowest BCUT2D eigenvalue weighted by Gasteiger charge is -2.32. The van der Waals surface area contributed by atoms with Crippen molar-refractivity contribution in [1.29, 1.82) is 0 Å². The molecule has 1 fully saturated rings. The largest absolute Gasteiger partial charge is 0.494 e. The molecule has 0 aliphatic carbocycles. The first kappa shape index (κ1) is 15.4. The topological polar surface area (TPSA) is 47.9 Å². The van der Waals surface area contributed by atoms with Crippen molar-refractivity contribution in [2.75, 3.05) is 13.2 Å². The van der Waals surface area contributed by atoms with Crippen molar-refractivity contribution in [3.63, 3.8) is 0 Å². The molecule has 1 aliphatic rings. The third-order valence-electron chi connectivity index (χ3n) is 3.95. The number of hydrogen-bond donors (Lipinski definition) is 1. The third kappa shape index (κ3) is 3.16. The van der Waals surface area contributed by atoms with E-state index in [4.69, 9.17) is 19.2 Å². The van der Waals surface area contributed by atoms with E-state index in [1.54, 1.807) is 0 Å². The summed E-state index contributed by atoms with van der Waals surface area (Å²) in [5, 5.41) is 8.77. The summed E-state index contributed by atoms with van der Waals surface area (Å²) in [6.07, 6.45) is 0.626. The number of rotatable bonds is 5. The molecule has 4 nitrogen and oxygen atoms in total. The lowest BCUT2D eigenvalue weighted by atomic mass is 9.79. The summed E-state index contributed by atoms with van der Waals surface area (Å²) in [6, 6.07) is 7.72. The molecule has 1 aliphatic heterocycles. The quantitative estimate of drug-likeness (QED) is 0.658. The van der Waals surface area contributed by atoms with Gasteiger partial charge in [-0.15, -0.1) is 0 Å². The molecule has 0 aromatic heterocycles. The smallest absolute Gasteiger partial charge is 0.494 e. The van der Waals surface area contributed by atoms with Gasteiger partial charge in [-0.3, -0.25) is 0 Å². The summed E-state index contributed by atoms with van der Waals surface area (Å²) >= 11 is 0. The van der Waals surface area contributed by atoms with Crippen molar-refractivity contribution in [2.24, 2.45) is 0 Å². The number of aliphatic hydroxyl groups is 1. The highest BCUT2D eigenvalue weighted by molar-refractivity contribution is 6.62. The Morgan fingerprint density at radius 2 is 1.80 bits per heavy atom. The minimum Gasteiger partial charge on any atom is -0.494 e. The summed E-state index contributed by atoms with van der Waals surface area (Å²) in [5.41, 5.74) is 0.266. The molecule has 0 unspecified atom stereocenters. The van der Waals surface area contributed by atoms with Crippen LogP contribution >= 0.6 is 0 Å². The van der Waals surface area contributed by atoms with Crippen molar-refractivity contribution < 1.29 is 19.2 Å². The molecule has 110 valence electrons. The van der Waals surface area contributed by atoms with Crippen LogP contribution in [0.5, 0.6) is 5.75 Å². The number of hydrogen-bond acceptors (Lipinski definition) is 4. The zero-order valence-electron chi connectivity index (χ0n) is 12.7. The number of aliphatic hydroxyl groups excluding tert-OH is 1. The molecule has 1 saturated heterocycles. The second kappa shape index (κ2) is 5.76. The van der Waals surface area contributed by atoms with Gasteiger partial charge >= 0.3 is 7.12 Å². The first-order valence-electron chi connectivity index (χ1n) is 7.05. The maximum atomic E-state index is 8.77. The molecule has 0 amide bonds. The summed E-state index contributed by atoms with van der Waals surface area (Å²) in [4.78, 5) is 0. The van der Waals surface area contributed by atoms with E-state index in [1.807, 2.05) is 52.0 Å². The van der Waals surface area contributed by atoms with E-state index in [9.17, 15) is 0 Å². The Morgan fingerprint density at radius 1 is 1.15 bits per heavy atom. The van der Waals surface area contributed by atoms with Crippen molar-refractivity contribution in [1.82, 2.24) is 0 Å². The first-order valence-corrected chi connectivity index (χ1v) is 7.05. The minimum atomic E-state index is -0.374. The van der Waals surface area contributed by atoms with Gasteiger partial charge in [0.1, 0.15) is 5.75 Å². The predicted octanol–water partition coefficient (Wildman–Crippen LogP) is 1.75. The lowest BCUT2D eigenvalue weighted by molar-refractivity contribution is 0.00578. The van der Waals surface area contributed by atoms with E-state index in [0.717, 1.165) is 11.2 Å². The summed E-state index contributed by atoms with van der Waals surface area (Å²) in [7, 11) is -0.374. The summed E-state index contributed by atoms with van der Waals surface area (Å²) in [6.45, 7) is 8.78. The van der Waals surface area contributed by atoms with Gasteiger partial charge in [-0.1, -0.05) is 12.1 Å². The standard InChI is InChI=1S/C15H23BO4/c1-14(2)15(3,4)20-16(19-14)12-7-5-8-13(11-12)18-10-6-9-17/h5,7-8,11,17H,6,9-10H2,1-4H3. The maximum absolute atomic E-state index is 8.77. The number of ether oxygens (including phenoxy) is 1. The zero-order valence-corrected chi connectivity index (χ0v) is 12.7. The fraction of sp³-hybridized carbons (Fsp3) is 0.600. The van der Waals surface area contributed by atoms with Crippen LogP contribution in [0.4, 0.5) is 0 Å². The van der Waals surface area contributed by atoms with Crippen LogP contribution in [-0.4, -0.2) is 36.6 Å². The predicted molar refractivity (Wildman–Crippen MR) is 79.4 cm³/mol. The molecule has 1 N–H and O–H groups in total. The Kier molecular flexibility index (Phi) is 4.42. The Labute approximate surface area is 121 Å². The molecule has 0 spiro atoms. The fourth-order valence-corrected chi connectivity index (χ4v) is 1.98. The van der Waals surface area contributed by atoms with E-state index in [2.05, 4.69) is 0 Å². The Morgan fingerprint density at radius 3 is 2.40 bits per heavy atom. The van der Waals surface area contributed by atoms with Gasteiger partial charge < -0.3 is 19.2 Å². The Balaban J connectivity index is 2.09. The van der Waals surface area contributed by atoms with E-state index in [1.165, 1.54) is 0 Å². The molecule has 0 radical (unpaired) electrons. The second-order valence-electron chi connectivity index (χ2n) is 6.09. The van der Waals surface area contributed by atoms with Crippen molar-refractivity contribution >= 4 is 12.6 Å². The molecular formula is C15H23BO4. The highest BCUT2D eigenvalue weighted by Crippen LogP contribution is 2.36. The average Bonchev–Trinajstić information content (AvgIpc) is 2.59. The Bertz CT molecular complexity index is 443.